The number of hydrogen-bond acceptors (Lipinski definition) is 3. The average molecular weight is 249 g/mol. The summed E-state index contributed by atoms with van der Waals surface area (Å²) in [6.45, 7) is 3.55. The zero-order valence-corrected chi connectivity index (χ0v) is 10.5. The molecule has 4 heteroatoms. The zero-order chi connectivity index (χ0) is 12.7. The summed E-state index contributed by atoms with van der Waals surface area (Å²) < 4.78 is 25.2. The summed E-state index contributed by atoms with van der Waals surface area (Å²) in [6.07, 6.45) is 1.34. The second kappa shape index (κ2) is 4.37. The van der Waals surface area contributed by atoms with Gasteiger partial charge < -0.3 is 9.15 Å². The third-order valence-electron chi connectivity index (χ3n) is 3.75. The van der Waals surface area contributed by atoms with Crippen LogP contribution in [0.1, 0.15) is 18.6 Å². The Bertz CT molecular complexity index is 566. The number of likely N-dealkylation sites (N-methyl/N-ethyl adjacent to an activating group) is 1. The molecule has 0 saturated carbocycles. The Morgan fingerprint density at radius 3 is 3.06 bits per heavy atom. The molecule has 1 aliphatic rings. The van der Waals surface area contributed by atoms with Crippen LogP contribution < -0.4 is 0 Å². The van der Waals surface area contributed by atoms with Crippen LogP contribution in [0.25, 0.3) is 11.0 Å². The summed E-state index contributed by atoms with van der Waals surface area (Å²) in [7, 11) is 2.03. The molecule has 2 atom stereocenters. The van der Waals surface area contributed by atoms with Gasteiger partial charge in [-0.2, -0.15) is 0 Å². The largest absolute Gasteiger partial charge is 0.464 e. The maximum Gasteiger partial charge on any atom is 0.134 e. The molecule has 2 heterocycles. The Morgan fingerprint density at radius 1 is 1.39 bits per heavy atom. The first-order chi connectivity index (χ1) is 8.66. The molecule has 0 N–H and O–H groups in total. The molecule has 2 aromatic rings. The van der Waals surface area contributed by atoms with Crippen molar-refractivity contribution in [3.63, 3.8) is 0 Å². The standard InChI is InChI=1S/C14H16FNO2/c1-9-14(18-6-4-16(9)2)11-8-13-10(3-5-17-13)7-12(11)15/h3,5,7-9,14H,4,6H2,1-2H3. The second-order valence-corrected chi connectivity index (χ2v) is 4.84. The van der Waals surface area contributed by atoms with E-state index in [0.717, 1.165) is 11.9 Å². The fourth-order valence-electron chi connectivity index (χ4n) is 2.46. The molecule has 1 aromatic heterocycles. The van der Waals surface area contributed by atoms with E-state index in [0.29, 0.717) is 17.8 Å². The molecule has 1 aromatic carbocycles. The number of morpholine rings is 1. The zero-order valence-electron chi connectivity index (χ0n) is 10.5. The van der Waals surface area contributed by atoms with Crippen molar-refractivity contribution in [2.24, 2.45) is 0 Å². The van der Waals surface area contributed by atoms with Gasteiger partial charge in [-0.3, -0.25) is 4.90 Å². The first-order valence-electron chi connectivity index (χ1n) is 6.15. The predicted molar refractivity (Wildman–Crippen MR) is 67.0 cm³/mol. The lowest BCUT2D eigenvalue weighted by atomic mass is 9.99. The molecule has 1 fully saturated rings. The van der Waals surface area contributed by atoms with Crippen molar-refractivity contribution in [3.8, 4) is 0 Å². The van der Waals surface area contributed by atoms with Crippen LogP contribution in [0.15, 0.2) is 28.9 Å². The van der Waals surface area contributed by atoms with Gasteiger partial charge in [0.15, 0.2) is 0 Å². The van der Waals surface area contributed by atoms with Crippen molar-refractivity contribution in [1.29, 1.82) is 0 Å². The number of rotatable bonds is 1. The van der Waals surface area contributed by atoms with Gasteiger partial charge in [0.05, 0.1) is 12.9 Å². The molecular weight excluding hydrogens is 233 g/mol. The lowest BCUT2D eigenvalue weighted by Gasteiger charge is -2.37. The highest BCUT2D eigenvalue weighted by atomic mass is 19.1. The van der Waals surface area contributed by atoms with E-state index in [2.05, 4.69) is 11.8 Å². The summed E-state index contributed by atoms with van der Waals surface area (Å²) in [5.74, 6) is -0.226. The van der Waals surface area contributed by atoms with Gasteiger partial charge in [0.2, 0.25) is 0 Å². The molecule has 1 saturated heterocycles. The predicted octanol–water partition coefficient (Wildman–Crippen LogP) is 2.96. The second-order valence-electron chi connectivity index (χ2n) is 4.84. The highest BCUT2D eigenvalue weighted by Crippen LogP contribution is 2.32. The van der Waals surface area contributed by atoms with Crippen LogP contribution in [0.3, 0.4) is 0 Å². The van der Waals surface area contributed by atoms with E-state index < -0.39 is 0 Å². The number of nitrogens with zero attached hydrogens (tertiary/aromatic N) is 1. The molecule has 96 valence electrons. The van der Waals surface area contributed by atoms with Crippen molar-refractivity contribution >= 4 is 11.0 Å². The lowest BCUT2D eigenvalue weighted by molar-refractivity contribution is -0.0586. The minimum absolute atomic E-state index is 0.153. The van der Waals surface area contributed by atoms with Gasteiger partial charge in [-0.05, 0) is 32.2 Å². The molecule has 0 spiro atoms. The van der Waals surface area contributed by atoms with Crippen LogP contribution in [0.5, 0.6) is 0 Å². The van der Waals surface area contributed by atoms with Crippen LogP contribution >= 0.6 is 0 Å². The summed E-state index contributed by atoms with van der Waals surface area (Å²) >= 11 is 0. The maximum atomic E-state index is 14.1. The minimum Gasteiger partial charge on any atom is -0.464 e. The molecule has 3 rings (SSSR count). The van der Waals surface area contributed by atoms with Gasteiger partial charge in [0, 0.05) is 23.5 Å². The third kappa shape index (κ3) is 1.82. The smallest absolute Gasteiger partial charge is 0.134 e. The first kappa shape index (κ1) is 11.7. The van der Waals surface area contributed by atoms with Gasteiger partial charge in [-0.15, -0.1) is 0 Å². The van der Waals surface area contributed by atoms with Crippen LogP contribution in [0, 0.1) is 5.82 Å². The topological polar surface area (TPSA) is 25.6 Å². The van der Waals surface area contributed by atoms with Crippen molar-refractivity contribution in [1.82, 2.24) is 4.90 Å². The number of ether oxygens (including phenoxy) is 1. The number of hydrogen-bond donors (Lipinski definition) is 0. The summed E-state index contributed by atoms with van der Waals surface area (Å²) in [5.41, 5.74) is 1.28. The molecule has 0 radical (unpaired) electrons. The van der Waals surface area contributed by atoms with E-state index in [-0.39, 0.29) is 18.0 Å². The lowest BCUT2D eigenvalue weighted by Crippen LogP contribution is -2.43. The van der Waals surface area contributed by atoms with Crippen molar-refractivity contribution in [3.05, 3.63) is 35.8 Å². The van der Waals surface area contributed by atoms with Gasteiger partial charge in [-0.25, -0.2) is 4.39 Å². The molecule has 3 nitrogen and oxygen atoms in total. The highest BCUT2D eigenvalue weighted by Gasteiger charge is 2.30. The van der Waals surface area contributed by atoms with E-state index in [1.54, 1.807) is 18.4 Å². The quantitative estimate of drug-likeness (QED) is 0.777. The monoisotopic (exact) mass is 249 g/mol. The Balaban J connectivity index is 2.04. The number of fused-ring (bicyclic) bond motifs is 1. The normalized spacial score (nSPS) is 25.7. The van der Waals surface area contributed by atoms with Gasteiger partial charge in [0.25, 0.3) is 0 Å². The Morgan fingerprint density at radius 2 is 2.22 bits per heavy atom. The molecular formula is C14H16FNO2. The fraction of sp³-hybridized carbons (Fsp3) is 0.429. The molecule has 0 aliphatic carbocycles. The van der Waals surface area contributed by atoms with Crippen LogP contribution in [0.4, 0.5) is 4.39 Å². The van der Waals surface area contributed by atoms with Gasteiger partial charge >= 0.3 is 0 Å². The van der Waals surface area contributed by atoms with Crippen LogP contribution in [-0.4, -0.2) is 31.1 Å². The molecule has 1 aliphatic heterocycles. The van der Waals surface area contributed by atoms with Gasteiger partial charge in [-0.1, -0.05) is 0 Å². The fourth-order valence-corrected chi connectivity index (χ4v) is 2.46. The Kier molecular flexibility index (Phi) is 2.84. The van der Waals surface area contributed by atoms with E-state index in [1.807, 2.05) is 7.05 Å². The van der Waals surface area contributed by atoms with E-state index in [4.69, 9.17) is 9.15 Å². The number of halogens is 1. The van der Waals surface area contributed by atoms with Crippen LogP contribution in [0.2, 0.25) is 0 Å². The Hall–Kier alpha value is -1.39. The van der Waals surface area contributed by atoms with Crippen molar-refractivity contribution < 1.29 is 13.5 Å². The molecule has 2 unspecified atom stereocenters. The van der Waals surface area contributed by atoms with Crippen molar-refractivity contribution in [2.75, 3.05) is 20.2 Å². The van der Waals surface area contributed by atoms with Gasteiger partial charge in [0.1, 0.15) is 17.5 Å². The third-order valence-corrected chi connectivity index (χ3v) is 3.75. The first-order valence-corrected chi connectivity index (χ1v) is 6.15. The average Bonchev–Trinajstić information content (AvgIpc) is 2.79. The molecule has 0 amide bonds. The summed E-state index contributed by atoms with van der Waals surface area (Å²) in [4.78, 5) is 2.18. The minimum atomic E-state index is -0.238. The molecule has 0 bridgehead atoms. The van der Waals surface area contributed by atoms with Crippen molar-refractivity contribution in [2.45, 2.75) is 19.1 Å². The highest BCUT2D eigenvalue weighted by molar-refractivity contribution is 5.78. The Labute approximate surface area is 105 Å². The summed E-state index contributed by atoms with van der Waals surface area (Å²) in [6, 6.07) is 5.18. The molecule has 18 heavy (non-hydrogen) atoms. The SMILES string of the molecule is CC1C(c2cc3occc3cc2F)OCCN1C. The van der Waals surface area contributed by atoms with Crippen LogP contribution in [-0.2, 0) is 4.74 Å². The number of furan rings is 1. The van der Waals surface area contributed by atoms with E-state index >= 15 is 0 Å². The van der Waals surface area contributed by atoms with E-state index in [9.17, 15) is 4.39 Å². The maximum absolute atomic E-state index is 14.1. The van der Waals surface area contributed by atoms with E-state index in [1.165, 1.54) is 6.07 Å². The summed E-state index contributed by atoms with van der Waals surface area (Å²) in [5, 5.41) is 0.785. The number of benzene rings is 1.